The number of halogens is 14. The number of alkyl halides is 6. The van der Waals surface area contributed by atoms with Gasteiger partial charge in [-0.2, -0.15) is 34.7 Å². The molecule has 2 atom stereocenters. The van der Waals surface area contributed by atoms with E-state index in [2.05, 4.69) is 9.05 Å². The monoisotopic (exact) mass is 575 g/mol. The van der Waals surface area contributed by atoms with Crippen molar-refractivity contribution in [2.24, 2.45) is 22.6 Å². The van der Waals surface area contributed by atoms with Gasteiger partial charge in [0.1, 0.15) is 0 Å². The normalized spacial score (nSPS) is 31.3. The van der Waals surface area contributed by atoms with Crippen molar-refractivity contribution in [3.63, 3.8) is 0 Å². The third-order valence-corrected chi connectivity index (χ3v) is 11.5. The first-order valence-electron chi connectivity index (χ1n) is 6.14. The number of hydrogen-bond acceptors (Lipinski definition) is 7. The third kappa shape index (κ3) is 10.6. The zero-order chi connectivity index (χ0) is 23.9. The predicted octanol–water partition coefficient (Wildman–Crippen LogP) is 10.6. The summed E-state index contributed by atoms with van der Waals surface area (Å²) in [6, 6.07) is 0. The molecule has 1 aliphatic rings. The van der Waals surface area contributed by atoms with Gasteiger partial charge in [-0.3, -0.25) is 9.05 Å². The van der Waals surface area contributed by atoms with E-state index in [9.17, 15) is 59.9 Å². The summed E-state index contributed by atoms with van der Waals surface area (Å²) in [4.78, 5) is 0. The molecule has 0 aromatic heterocycles. The second kappa shape index (κ2) is 8.79. The lowest BCUT2D eigenvalue weighted by Gasteiger charge is -2.19. The highest BCUT2D eigenvalue weighted by atomic mass is 31.3. The quantitative estimate of drug-likeness (QED) is 0.247. The van der Waals surface area contributed by atoms with Gasteiger partial charge in [0.25, 0.3) is 0 Å². The Morgan fingerprint density at radius 2 is 0.767 bits per heavy atom. The average molecular weight is 575 g/mol. The molecule has 7 nitrogen and oxygen atoms in total. The number of hydrogen-bond donors (Lipinski definition) is 0. The van der Waals surface area contributed by atoms with Crippen LogP contribution >= 0.6 is 39.0 Å². The van der Waals surface area contributed by atoms with Gasteiger partial charge in [-0.1, -0.05) is 0 Å². The Morgan fingerprint density at radius 1 is 0.467 bits per heavy atom. The fourth-order valence-electron chi connectivity index (χ4n) is 1.16. The van der Waals surface area contributed by atoms with Crippen LogP contribution < -0.4 is 0 Å². The van der Waals surface area contributed by atoms with Crippen molar-refractivity contribution < 1.29 is 69.0 Å². The van der Waals surface area contributed by atoms with Crippen LogP contribution in [0.2, 0.25) is 0 Å². The minimum Gasteiger partial charge on any atom is -0.294 e. The molecule has 0 aliphatic carbocycles. The fourth-order valence-corrected chi connectivity index (χ4v) is 10.2. The fraction of sp³-hybridized carbons (Fsp3) is 1.00. The molecule has 0 spiro atoms. The van der Waals surface area contributed by atoms with E-state index in [-0.39, 0.29) is 0 Å². The second-order valence-corrected chi connectivity index (χ2v) is 13.3. The van der Waals surface area contributed by atoms with Crippen LogP contribution in [0, 0.1) is 0 Å². The van der Waals surface area contributed by atoms with Crippen molar-refractivity contribution in [2.45, 2.75) is 12.4 Å². The van der Waals surface area contributed by atoms with E-state index >= 15 is 0 Å². The van der Waals surface area contributed by atoms with E-state index in [0.717, 1.165) is 0 Å². The summed E-state index contributed by atoms with van der Waals surface area (Å²) in [6.45, 7) is -5.77. The van der Waals surface area contributed by atoms with E-state index in [1.54, 1.807) is 4.52 Å². The predicted molar refractivity (Wildman–Crippen MR) is 79.6 cm³/mol. The lowest BCUT2D eigenvalue weighted by molar-refractivity contribution is -0.153. The second-order valence-electron chi connectivity index (χ2n) is 4.54. The van der Waals surface area contributed by atoms with Gasteiger partial charge in [0.05, 0.1) is 0 Å². The van der Waals surface area contributed by atoms with E-state index < -0.39 is 64.5 Å². The molecule has 1 heterocycles. The molecule has 0 saturated carbocycles. The highest BCUT2D eigenvalue weighted by Gasteiger charge is 2.44. The van der Waals surface area contributed by atoms with Gasteiger partial charge in [0.2, 0.25) is 0 Å². The van der Waals surface area contributed by atoms with Gasteiger partial charge in [0, 0.05) is 0 Å². The lowest BCUT2D eigenvalue weighted by atomic mass is 10.7. The first kappa shape index (κ1) is 28.1. The third-order valence-electron chi connectivity index (χ3n) is 1.87. The minimum absolute atomic E-state index is 1.22. The standard InChI is InChI=1S/C4H4F14N5O2P5/c5-3(6,7)1-24-29(17)21-27(13,14)19-26(11,12)20-28(15,16)22-30(18,23-29)25-2-4(8,9)10/h1-2H2. The van der Waals surface area contributed by atoms with Crippen molar-refractivity contribution >= 4 is 39.0 Å². The molecule has 26 heteroatoms. The number of nitrogens with zero attached hydrogens (tertiary/aromatic N) is 5. The van der Waals surface area contributed by atoms with Gasteiger partial charge >= 0.3 is 51.3 Å². The SMILES string of the molecule is FC(F)(F)COP1(F)=NP(F)(F)=NP(F)(F)=NP(F)(F)=NP(F)(OCC(F)(F)F)=N1. The number of rotatable bonds is 4. The van der Waals surface area contributed by atoms with Gasteiger partial charge < -0.3 is 0 Å². The zero-order valence-electron chi connectivity index (χ0n) is 13.0. The van der Waals surface area contributed by atoms with Crippen molar-refractivity contribution in [2.75, 3.05) is 13.2 Å². The Kier molecular flexibility index (Phi) is 8.24. The van der Waals surface area contributed by atoms with E-state index in [1.165, 1.54) is 18.1 Å². The van der Waals surface area contributed by atoms with Gasteiger partial charge in [-0.05, 0) is 0 Å². The largest absolute Gasteiger partial charge is 0.425 e. The summed E-state index contributed by atoms with van der Waals surface area (Å²) in [6.07, 6.45) is -11.1. The van der Waals surface area contributed by atoms with Gasteiger partial charge in [-0.25, -0.2) is 0 Å². The van der Waals surface area contributed by atoms with Crippen LogP contribution in [0.15, 0.2) is 22.6 Å². The summed E-state index contributed by atoms with van der Waals surface area (Å²) in [5.74, 6) is 0. The molecule has 0 N–H and O–H groups in total. The van der Waals surface area contributed by atoms with E-state index in [0.29, 0.717) is 0 Å². The molecule has 0 fully saturated rings. The maximum absolute atomic E-state index is 14.4. The van der Waals surface area contributed by atoms with Crippen molar-refractivity contribution in [1.29, 1.82) is 0 Å². The highest BCUT2D eigenvalue weighted by Crippen LogP contribution is 2.82. The molecule has 180 valence electrons. The minimum atomic E-state index is -7.18. The van der Waals surface area contributed by atoms with Crippen molar-refractivity contribution in [1.82, 2.24) is 0 Å². The molecule has 30 heavy (non-hydrogen) atoms. The van der Waals surface area contributed by atoms with Crippen LogP contribution in [-0.2, 0) is 9.05 Å². The topological polar surface area (TPSA) is 80.3 Å². The summed E-state index contributed by atoms with van der Waals surface area (Å²) in [5, 5.41) is 0. The van der Waals surface area contributed by atoms with Crippen LogP contribution in [0.25, 0.3) is 0 Å². The Hall–Kier alpha value is 0.0900. The molecule has 0 aromatic rings. The van der Waals surface area contributed by atoms with Crippen LogP contribution in [0.1, 0.15) is 0 Å². The van der Waals surface area contributed by atoms with E-state index in [4.69, 9.17) is 0 Å². The molecular formula is C4H4F14N5O2P5. The van der Waals surface area contributed by atoms with Crippen LogP contribution in [0.4, 0.5) is 59.9 Å². The Labute approximate surface area is 157 Å². The molecule has 0 amide bonds. The van der Waals surface area contributed by atoms with E-state index in [1.807, 2.05) is 0 Å². The summed E-state index contributed by atoms with van der Waals surface area (Å²) < 4.78 is 196. The van der Waals surface area contributed by atoms with Crippen LogP contribution in [0.3, 0.4) is 0 Å². The molecule has 0 saturated heterocycles. The Bertz CT molecular complexity index is 908. The van der Waals surface area contributed by atoms with Gasteiger partial charge in [0.15, 0.2) is 13.2 Å². The summed E-state index contributed by atoms with van der Waals surface area (Å²) in [7, 11) is -35.2. The summed E-state index contributed by atoms with van der Waals surface area (Å²) in [5.41, 5.74) is 0. The maximum Gasteiger partial charge on any atom is 0.425 e. The average Bonchev–Trinajstić information content (AvgIpc) is 2.36. The molecule has 0 radical (unpaired) electrons. The maximum atomic E-state index is 14.4. The Balaban J connectivity index is 3.92. The molecule has 2 unspecified atom stereocenters. The molecule has 1 rings (SSSR count). The van der Waals surface area contributed by atoms with Crippen molar-refractivity contribution in [3.05, 3.63) is 0 Å². The van der Waals surface area contributed by atoms with Crippen LogP contribution in [-0.4, -0.2) is 25.6 Å². The highest BCUT2D eigenvalue weighted by molar-refractivity contribution is 7.78. The smallest absolute Gasteiger partial charge is 0.294 e. The first-order valence-corrected chi connectivity index (χ1v) is 13.6. The Morgan fingerprint density at radius 3 is 1.13 bits per heavy atom. The molecule has 0 bridgehead atoms. The zero-order valence-corrected chi connectivity index (χ0v) is 17.5. The molecule has 1 aliphatic heterocycles. The molecular weight excluding hydrogens is 571 g/mol. The first-order chi connectivity index (χ1) is 12.9. The molecule has 0 aromatic carbocycles. The van der Waals surface area contributed by atoms with Crippen LogP contribution in [0.5, 0.6) is 0 Å². The summed E-state index contributed by atoms with van der Waals surface area (Å²) >= 11 is 0. The lowest BCUT2D eigenvalue weighted by Crippen LogP contribution is -2.15. The van der Waals surface area contributed by atoms with Crippen molar-refractivity contribution in [3.8, 4) is 0 Å². The van der Waals surface area contributed by atoms with Gasteiger partial charge in [-0.15, -0.1) is 47.8 Å².